The topological polar surface area (TPSA) is 72.9 Å². The van der Waals surface area contributed by atoms with E-state index in [0.717, 1.165) is 45.2 Å². The molecule has 7 heteroatoms. The normalized spacial score (nSPS) is 21.4. The maximum atomic E-state index is 11.9. The van der Waals surface area contributed by atoms with E-state index in [1.807, 2.05) is 10.8 Å². The molecule has 1 aliphatic carbocycles. The number of nitrogens with one attached hydrogen (secondary N) is 1. The van der Waals surface area contributed by atoms with Crippen molar-refractivity contribution in [2.24, 2.45) is 11.7 Å². The summed E-state index contributed by atoms with van der Waals surface area (Å²) in [7, 11) is 0. The van der Waals surface area contributed by atoms with Gasteiger partial charge in [0.2, 0.25) is 5.91 Å². The van der Waals surface area contributed by atoms with Crippen LogP contribution in [0.5, 0.6) is 0 Å². The molecule has 1 aromatic heterocycles. The Kier molecular flexibility index (Phi) is 9.63. The Morgan fingerprint density at radius 1 is 1.40 bits per heavy atom. The van der Waals surface area contributed by atoms with E-state index in [0.29, 0.717) is 0 Å². The van der Waals surface area contributed by atoms with E-state index in [2.05, 4.69) is 10.3 Å². The molecule has 1 fully saturated rings. The maximum absolute atomic E-state index is 11.9. The summed E-state index contributed by atoms with van der Waals surface area (Å²) in [5, 5.41) is 3.01. The number of aromatic nitrogens is 2. The predicted molar refractivity (Wildman–Crippen MR) is 84.3 cm³/mol. The van der Waals surface area contributed by atoms with E-state index in [1.165, 1.54) is 0 Å². The molecule has 1 aliphatic rings. The van der Waals surface area contributed by atoms with E-state index >= 15 is 0 Å². The van der Waals surface area contributed by atoms with Gasteiger partial charge in [0, 0.05) is 37.4 Å². The van der Waals surface area contributed by atoms with Crippen LogP contribution in [0.25, 0.3) is 0 Å². The average molecular weight is 323 g/mol. The Labute approximate surface area is 132 Å². The minimum Gasteiger partial charge on any atom is -0.356 e. The van der Waals surface area contributed by atoms with E-state index < -0.39 is 0 Å². The van der Waals surface area contributed by atoms with Crippen LogP contribution in [0.15, 0.2) is 18.7 Å². The van der Waals surface area contributed by atoms with Crippen molar-refractivity contribution in [1.29, 1.82) is 0 Å². The smallest absolute Gasteiger partial charge is 0.223 e. The highest BCUT2D eigenvalue weighted by atomic mass is 35.5. The number of halogens is 2. The lowest BCUT2D eigenvalue weighted by Crippen LogP contribution is -2.38. The number of carbonyl (C=O) groups excluding carboxylic acids is 1. The van der Waals surface area contributed by atoms with Crippen molar-refractivity contribution < 1.29 is 4.79 Å². The lowest BCUT2D eigenvalue weighted by Gasteiger charge is -2.25. The fraction of sp³-hybridized carbons (Fsp3) is 0.692. The molecule has 20 heavy (non-hydrogen) atoms. The van der Waals surface area contributed by atoms with Crippen LogP contribution in [-0.4, -0.2) is 28.0 Å². The van der Waals surface area contributed by atoms with Crippen molar-refractivity contribution in [2.75, 3.05) is 6.54 Å². The van der Waals surface area contributed by atoms with Crippen LogP contribution in [0.1, 0.15) is 32.1 Å². The van der Waals surface area contributed by atoms with Gasteiger partial charge in [0.15, 0.2) is 0 Å². The van der Waals surface area contributed by atoms with Gasteiger partial charge in [0.05, 0.1) is 6.33 Å². The van der Waals surface area contributed by atoms with Crippen molar-refractivity contribution in [3.63, 3.8) is 0 Å². The van der Waals surface area contributed by atoms with Crippen LogP contribution in [0.2, 0.25) is 0 Å². The highest BCUT2D eigenvalue weighted by Gasteiger charge is 2.24. The summed E-state index contributed by atoms with van der Waals surface area (Å²) >= 11 is 0. The molecule has 2 rings (SSSR count). The second kappa shape index (κ2) is 10.0. The average Bonchev–Trinajstić information content (AvgIpc) is 2.87. The van der Waals surface area contributed by atoms with Crippen molar-refractivity contribution in [2.45, 2.75) is 44.7 Å². The van der Waals surface area contributed by atoms with E-state index in [9.17, 15) is 4.79 Å². The second-order valence-electron chi connectivity index (χ2n) is 5.07. The summed E-state index contributed by atoms with van der Waals surface area (Å²) in [6.07, 6.45) is 10.4. The lowest BCUT2D eigenvalue weighted by molar-refractivity contribution is -0.126. The minimum absolute atomic E-state index is 0. The molecule has 2 unspecified atom stereocenters. The molecule has 1 amide bonds. The van der Waals surface area contributed by atoms with Gasteiger partial charge in [-0.15, -0.1) is 24.8 Å². The zero-order chi connectivity index (χ0) is 12.8. The van der Waals surface area contributed by atoms with Gasteiger partial charge in [-0.25, -0.2) is 4.98 Å². The van der Waals surface area contributed by atoms with Crippen LogP contribution in [0, 0.1) is 5.92 Å². The van der Waals surface area contributed by atoms with Crippen molar-refractivity contribution in [1.82, 2.24) is 14.9 Å². The molecule has 0 radical (unpaired) electrons. The number of amides is 1. The van der Waals surface area contributed by atoms with Gasteiger partial charge in [-0.3, -0.25) is 4.79 Å². The predicted octanol–water partition coefficient (Wildman–Crippen LogP) is 1.75. The first-order chi connectivity index (χ1) is 8.75. The first kappa shape index (κ1) is 19.2. The molecular formula is C13H24Cl2N4O. The number of hydrogen-bond acceptors (Lipinski definition) is 3. The largest absolute Gasteiger partial charge is 0.356 e. The number of carbonyl (C=O) groups is 1. The van der Waals surface area contributed by atoms with Crippen LogP contribution in [-0.2, 0) is 11.3 Å². The third-order valence-electron chi connectivity index (χ3n) is 3.54. The third-order valence-corrected chi connectivity index (χ3v) is 3.54. The van der Waals surface area contributed by atoms with Crippen molar-refractivity contribution in [3.05, 3.63) is 18.7 Å². The quantitative estimate of drug-likeness (QED) is 0.811. The van der Waals surface area contributed by atoms with Gasteiger partial charge < -0.3 is 15.6 Å². The molecule has 1 saturated carbocycles. The summed E-state index contributed by atoms with van der Waals surface area (Å²) in [5.74, 6) is 0.303. The van der Waals surface area contributed by atoms with E-state index in [1.54, 1.807) is 12.5 Å². The van der Waals surface area contributed by atoms with Crippen molar-refractivity contribution >= 4 is 30.7 Å². The van der Waals surface area contributed by atoms with Crippen molar-refractivity contribution in [3.8, 4) is 0 Å². The van der Waals surface area contributed by atoms with E-state index in [4.69, 9.17) is 5.73 Å². The zero-order valence-electron chi connectivity index (χ0n) is 11.5. The van der Waals surface area contributed by atoms with Gasteiger partial charge >= 0.3 is 0 Å². The summed E-state index contributed by atoms with van der Waals surface area (Å²) in [6, 6.07) is 0.209. The zero-order valence-corrected chi connectivity index (χ0v) is 13.2. The Morgan fingerprint density at radius 3 is 2.85 bits per heavy atom. The van der Waals surface area contributed by atoms with Crippen LogP contribution in [0.3, 0.4) is 0 Å². The second-order valence-corrected chi connectivity index (χ2v) is 5.07. The van der Waals surface area contributed by atoms with Gasteiger partial charge in [-0.1, -0.05) is 6.42 Å². The number of nitrogens with zero attached hydrogens (tertiary/aromatic N) is 2. The summed E-state index contributed by atoms with van der Waals surface area (Å²) in [5.41, 5.74) is 5.89. The summed E-state index contributed by atoms with van der Waals surface area (Å²) in [4.78, 5) is 15.9. The fourth-order valence-corrected chi connectivity index (χ4v) is 2.50. The molecule has 0 spiro atoms. The maximum Gasteiger partial charge on any atom is 0.223 e. The number of imidazole rings is 1. The molecule has 0 bridgehead atoms. The minimum atomic E-state index is 0. The lowest BCUT2D eigenvalue weighted by atomic mass is 9.85. The standard InChI is InChI=1S/C13H22N4O.2ClH/c14-12-4-1-3-11(9-12)13(18)16-5-2-7-17-8-6-15-10-17;;/h6,8,10-12H,1-5,7,9,14H2,(H,16,18);2*1H. The Morgan fingerprint density at radius 2 is 2.20 bits per heavy atom. The Bertz CT molecular complexity index is 372. The molecule has 0 aromatic carbocycles. The van der Waals surface area contributed by atoms with Crippen LogP contribution in [0.4, 0.5) is 0 Å². The van der Waals surface area contributed by atoms with Gasteiger partial charge in [-0.05, 0) is 25.7 Å². The number of nitrogens with two attached hydrogens (primary N) is 1. The first-order valence-corrected chi connectivity index (χ1v) is 6.75. The molecule has 1 heterocycles. The molecule has 1 aromatic rings. The molecule has 5 nitrogen and oxygen atoms in total. The fourth-order valence-electron chi connectivity index (χ4n) is 2.50. The Hall–Kier alpha value is -0.780. The highest BCUT2D eigenvalue weighted by molar-refractivity contribution is 5.85. The number of hydrogen-bond donors (Lipinski definition) is 2. The molecule has 2 atom stereocenters. The number of rotatable bonds is 5. The molecule has 0 saturated heterocycles. The van der Waals surface area contributed by atoms with Gasteiger partial charge in [0.25, 0.3) is 0 Å². The highest BCUT2D eigenvalue weighted by Crippen LogP contribution is 2.22. The SMILES string of the molecule is Cl.Cl.NC1CCCC(C(=O)NCCCn2ccnc2)C1. The first-order valence-electron chi connectivity index (χ1n) is 6.75. The van der Waals surface area contributed by atoms with Gasteiger partial charge in [0.1, 0.15) is 0 Å². The number of aryl methyl sites for hydroxylation is 1. The van der Waals surface area contributed by atoms with Crippen LogP contribution < -0.4 is 11.1 Å². The van der Waals surface area contributed by atoms with Gasteiger partial charge in [-0.2, -0.15) is 0 Å². The summed E-state index contributed by atoms with van der Waals surface area (Å²) in [6.45, 7) is 1.62. The van der Waals surface area contributed by atoms with Crippen LogP contribution >= 0.6 is 24.8 Å². The monoisotopic (exact) mass is 322 g/mol. The summed E-state index contributed by atoms with van der Waals surface area (Å²) < 4.78 is 2.02. The Balaban J connectivity index is 0.00000180. The molecule has 116 valence electrons. The third kappa shape index (κ3) is 6.11. The van der Waals surface area contributed by atoms with E-state index in [-0.39, 0.29) is 42.7 Å². The molecule has 3 N–H and O–H groups in total. The molecule has 0 aliphatic heterocycles. The molecular weight excluding hydrogens is 299 g/mol.